The molecule has 0 aromatic heterocycles. The maximum atomic E-state index is 12.8. The highest BCUT2D eigenvalue weighted by Gasteiger charge is 2.30. The van der Waals surface area contributed by atoms with Gasteiger partial charge in [0.15, 0.2) is 0 Å². The molecular formula is C30H35NO5. The van der Waals surface area contributed by atoms with Crippen LogP contribution >= 0.6 is 0 Å². The van der Waals surface area contributed by atoms with Crippen LogP contribution in [0.5, 0.6) is 5.75 Å². The van der Waals surface area contributed by atoms with Crippen LogP contribution in [0.25, 0.3) is 11.1 Å². The maximum absolute atomic E-state index is 12.8. The summed E-state index contributed by atoms with van der Waals surface area (Å²) in [7, 11) is 1.60. The van der Waals surface area contributed by atoms with Crippen LogP contribution in [0.1, 0.15) is 50.3 Å². The number of carbonyl (C=O) groups excluding carboxylic acids is 2. The predicted octanol–water partition coefficient (Wildman–Crippen LogP) is 6.33. The van der Waals surface area contributed by atoms with Crippen molar-refractivity contribution in [3.8, 4) is 16.9 Å². The molecule has 0 unspecified atom stereocenters. The van der Waals surface area contributed by atoms with E-state index in [1.807, 2.05) is 62.4 Å². The molecular weight excluding hydrogens is 454 g/mol. The molecule has 190 valence electrons. The summed E-state index contributed by atoms with van der Waals surface area (Å²) in [5, 5.41) is 2.72. The minimum Gasteiger partial charge on any atom is -0.497 e. The first kappa shape index (κ1) is 26.8. The first-order valence-electron chi connectivity index (χ1n) is 11.9. The van der Waals surface area contributed by atoms with Crippen LogP contribution in [-0.2, 0) is 20.9 Å². The van der Waals surface area contributed by atoms with Crippen LogP contribution in [0.3, 0.4) is 0 Å². The summed E-state index contributed by atoms with van der Waals surface area (Å²) < 4.78 is 16.3. The lowest BCUT2D eigenvalue weighted by molar-refractivity contribution is -0.147. The molecule has 6 nitrogen and oxygen atoms in total. The Morgan fingerprint density at radius 3 is 2.00 bits per heavy atom. The van der Waals surface area contributed by atoms with Gasteiger partial charge in [0.1, 0.15) is 25.0 Å². The Bertz CT molecular complexity index is 1130. The zero-order valence-electron chi connectivity index (χ0n) is 20.3. The van der Waals surface area contributed by atoms with Crippen LogP contribution in [0.2, 0.25) is 0 Å². The van der Waals surface area contributed by atoms with Gasteiger partial charge in [-0.15, -0.1) is 0 Å². The van der Waals surface area contributed by atoms with E-state index in [1.165, 1.54) is 0 Å². The van der Waals surface area contributed by atoms with Gasteiger partial charge in [-0.3, -0.25) is 0 Å². The van der Waals surface area contributed by atoms with Crippen LogP contribution in [-0.4, -0.2) is 31.8 Å². The van der Waals surface area contributed by atoms with E-state index in [0.717, 1.165) is 33.6 Å². The highest BCUT2D eigenvalue weighted by Crippen LogP contribution is 2.44. The van der Waals surface area contributed by atoms with E-state index >= 15 is 0 Å². The van der Waals surface area contributed by atoms with Crippen molar-refractivity contribution in [2.24, 2.45) is 5.92 Å². The monoisotopic (exact) mass is 489 g/mol. The minimum atomic E-state index is -0.788. The van der Waals surface area contributed by atoms with Crippen molar-refractivity contribution in [2.75, 3.05) is 13.7 Å². The third-order valence-electron chi connectivity index (χ3n) is 6.17. The topological polar surface area (TPSA) is 73.9 Å². The number of benzene rings is 3. The summed E-state index contributed by atoms with van der Waals surface area (Å²) in [6, 6.07) is 22.8. The van der Waals surface area contributed by atoms with Gasteiger partial charge in [-0.25, -0.2) is 9.59 Å². The van der Waals surface area contributed by atoms with E-state index in [1.54, 1.807) is 7.11 Å². The Morgan fingerprint density at radius 2 is 1.44 bits per heavy atom. The third-order valence-corrected chi connectivity index (χ3v) is 6.17. The first-order chi connectivity index (χ1) is 17.0. The van der Waals surface area contributed by atoms with Gasteiger partial charge in [0, 0.05) is 5.92 Å². The van der Waals surface area contributed by atoms with Gasteiger partial charge < -0.3 is 19.5 Å². The Hall–Kier alpha value is -3.80. The number of fused-ring (bicyclic) bond motifs is 3. The van der Waals surface area contributed by atoms with Crippen molar-refractivity contribution in [2.45, 2.75) is 46.3 Å². The van der Waals surface area contributed by atoms with Gasteiger partial charge in [0.2, 0.25) is 0 Å². The molecule has 36 heavy (non-hydrogen) atoms. The van der Waals surface area contributed by atoms with Crippen molar-refractivity contribution in [3.63, 3.8) is 0 Å². The van der Waals surface area contributed by atoms with Gasteiger partial charge in [-0.1, -0.05) is 81.9 Å². The Morgan fingerprint density at radius 1 is 0.861 bits per heavy atom. The molecule has 0 heterocycles. The first-order valence-corrected chi connectivity index (χ1v) is 11.9. The average Bonchev–Trinajstić information content (AvgIpc) is 3.19. The second-order valence-corrected chi connectivity index (χ2v) is 9.11. The number of hydrogen-bond donors (Lipinski definition) is 1. The number of amides is 1. The van der Waals surface area contributed by atoms with Crippen molar-refractivity contribution < 1.29 is 23.8 Å². The molecule has 1 amide bonds. The third kappa shape index (κ3) is 6.25. The second kappa shape index (κ2) is 12.2. The molecule has 3 aromatic rings. The van der Waals surface area contributed by atoms with Crippen LogP contribution < -0.4 is 10.1 Å². The number of rotatable bonds is 9. The van der Waals surface area contributed by atoms with E-state index in [9.17, 15) is 9.59 Å². The summed E-state index contributed by atoms with van der Waals surface area (Å²) in [5.74, 6) is 0.388. The van der Waals surface area contributed by atoms with Crippen LogP contribution in [0.4, 0.5) is 4.79 Å². The normalized spacial score (nSPS) is 12.7. The molecule has 0 radical (unpaired) electrons. The fourth-order valence-electron chi connectivity index (χ4n) is 4.44. The Kier molecular flexibility index (Phi) is 9.12. The van der Waals surface area contributed by atoms with Gasteiger partial charge >= 0.3 is 12.1 Å². The van der Waals surface area contributed by atoms with E-state index in [2.05, 4.69) is 29.6 Å². The van der Waals surface area contributed by atoms with E-state index in [0.29, 0.717) is 6.42 Å². The molecule has 0 bridgehead atoms. The quantitative estimate of drug-likeness (QED) is 0.356. The number of alkyl carbamates (subject to hydrolysis) is 1. The highest BCUT2D eigenvalue weighted by atomic mass is 16.6. The molecule has 1 aliphatic carbocycles. The summed E-state index contributed by atoms with van der Waals surface area (Å²) in [5.41, 5.74) is 5.44. The van der Waals surface area contributed by atoms with E-state index in [-0.39, 0.29) is 32.5 Å². The van der Waals surface area contributed by atoms with Gasteiger partial charge in [-0.2, -0.15) is 0 Å². The molecule has 1 atom stereocenters. The maximum Gasteiger partial charge on any atom is 0.407 e. The number of hydrogen-bond acceptors (Lipinski definition) is 5. The lowest BCUT2D eigenvalue weighted by Gasteiger charge is -2.20. The zero-order valence-corrected chi connectivity index (χ0v) is 20.3. The lowest BCUT2D eigenvalue weighted by Crippen LogP contribution is -2.43. The zero-order chi connectivity index (χ0) is 24.8. The second-order valence-electron chi connectivity index (χ2n) is 9.11. The van der Waals surface area contributed by atoms with Crippen molar-refractivity contribution >= 4 is 12.1 Å². The van der Waals surface area contributed by atoms with Crippen molar-refractivity contribution in [3.05, 3.63) is 89.5 Å². The lowest BCUT2D eigenvalue weighted by atomic mass is 9.98. The summed E-state index contributed by atoms with van der Waals surface area (Å²) in [6.07, 6.45) is -0.176. The molecule has 0 fully saturated rings. The molecule has 0 spiro atoms. The number of ether oxygens (including phenoxy) is 3. The Balaban J connectivity index is 0.00000361. The van der Waals surface area contributed by atoms with E-state index < -0.39 is 18.1 Å². The summed E-state index contributed by atoms with van der Waals surface area (Å²) in [4.78, 5) is 25.5. The van der Waals surface area contributed by atoms with Crippen molar-refractivity contribution in [1.82, 2.24) is 5.32 Å². The number of methoxy groups -OCH3 is 1. The number of nitrogens with one attached hydrogen (secondary N) is 1. The molecule has 1 aliphatic rings. The SMILES string of the molecule is C.COc1ccc(COC(=O)[C@@H](CC(C)C)NC(=O)OCC2c3ccccc3-c3ccccc32)cc1. The van der Waals surface area contributed by atoms with Gasteiger partial charge in [-0.05, 0) is 52.3 Å². The predicted molar refractivity (Wildman–Crippen MR) is 141 cm³/mol. The fraction of sp³-hybridized carbons (Fsp3) is 0.333. The molecule has 0 saturated heterocycles. The van der Waals surface area contributed by atoms with Gasteiger partial charge in [0.25, 0.3) is 0 Å². The largest absolute Gasteiger partial charge is 0.497 e. The molecule has 0 aliphatic heterocycles. The molecule has 0 saturated carbocycles. The summed E-state index contributed by atoms with van der Waals surface area (Å²) >= 11 is 0. The van der Waals surface area contributed by atoms with E-state index in [4.69, 9.17) is 14.2 Å². The fourth-order valence-corrected chi connectivity index (χ4v) is 4.44. The average molecular weight is 490 g/mol. The Labute approximate surface area is 213 Å². The summed E-state index contributed by atoms with van der Waals surface area (Å²) in [6.45, 7) is 4.28. The van der Waals surface area contributed by atoms with Crippen LogP contribution in [0, 0.1) is 5.92 Å². The number of esters is 1. The molecule has 3 aromatic carbocycles. The minimum absolute atomic E-state index is 0. The smallest absolute Gasteiger partial charge is 0.407 e. The highest BCUT2D eigenvalue weighted by molar-refractivity contribution is 5.82. The standard InChI is InChI=1S/C29H31NO5.CH4/c1-19(2)16-27(28(31)34-17-20-12-14-21(33-3)15-13-20)30-29(32)35-18-26-24-10-6-4-8-22(24)23-9-5-7-11-25(23)26;/h4-15,19,26-27H,16-18H2,1-3H3,(H,30,32);1H4/t27-;/m1./s1. The molecule has 1 N–H and O–H groups in total. The molecule has 4 rings (SSSR count). The van der Waals surface area contributed by atoms with Crippen molar-refractivity contribution in [1.29, 1.82) is 0 Å². The van der Waals surface area contributed by atoms with Crippen LogP contribution in [0.15, 0.2) is 72.8 Å². The van der Waals surface area contributed by atoms with Gasteiger partial charge in [0.05, 0.1) is 7.11 Å². The number of carbonyl (C=O) groups is 2. The molecule has 6 heteroatoms.